The third-order valence-electron chi connectivity index (χ3n) is 10.6. The molecule has 236 valence electrons. The molecule has 5 heterocycles. The van der Waals surface area contributed by atoms with Crippen LogP contribution in [0, 0.1) is 36.0 Å². The van der Waals surface area contributed by atoms with E-state index in [4.69, 9.17) is 21.1 Å². The lowest BCUT2D eigenvalue weighted by Gasteiger charge is -2.47. The van der Waals surface area contributed by atoms with Gasteiger partial charge in [0.1, 0.15) is 29.6 Å². The molecule has 8 rings (SSSR count). The summed E-state index contributed by atoms with van der Waals surface area (Å²) in [5, 5.41) is 26.6. The van der Waals surface area contributed by atoms with Crippen molar-refractivity contribution in [3.63, 3.8) is 0 Å². The molecule has 1 saturated carbocycles. The van der Waals surface area contributed by atoms with Crippen molar-refractivity contribution in [3.8, 4) is 10.6 Å². The van der Waals surface area contributed by atoms with E-state index < -0.39 is 58.6 Å². The Morgan fingerprint density at radius 1 is 1.09 bits per heavy atom. The van der Waals surface area contributed by atoms with Crippen LogP contribution >= 0.6 is 22.9 Å². The van der Waals surface area contributed by atoms with Gasteiger partial charge in [-0.3, -0.25) is 29.1 Å². The first-order chi connectivity index (χ1) is 21.9. The number of imide groups is 2. The Morgan fingerprint density at radius 3 is 2.61 bits per heavy atom. The summed E-state index contributed by atoms with van der Waals surface area (Å²) in [5.41, 5.74) is 1.02. The average Bonchev–Trinajstić information content (AvgIpc) is 3.82. The number of amides is 4. The van der Waals surface area contributed by atoms with E-state index in [9.17, 15) is 29.5 Å². The van der Waals surface area contributed by atoms with E-state index in [0.717, 1.165) is 26.1 Å². The van der Waals surface area contributed by atoms with Crippen molar-refractivity contribution in [2.75, 3.05) is 4.90 Å². The molecule has 46 heavy (non-hydrogen) atoms. The SMILES string of the molecule is Cc1c(-c2cc(N3C(=O)C4CC5C(=CCC6C(=O)N(O)C(=O)C65)C(c5ccc(CO)o5)C4(C)C3=O)n(C)n2)sc2ccc(Cl)cc12. The number of rotatable bonds is 4. The molecule has 6 atom stereocenters. The summed E-state index contributed by atoms with van der Waals surface area (Å²) in [5.74, 6) is -5.03. The highest BCUT2D eigenvalue weighted by atomic mass is 35.5. The normalized spacial score (nSPS) is 29.1. The number of aliphatic hydroxyl groups excluding tert-OH is 1. The zero-order valence-electron chi connectivity index (χ0n) is 25.1. The maximum Gasteiger partial charge on any atom is 0.257 e. The Hall–Kier alpha value is -4.10. The lowest BCUT2D eigenvalue weighted by molar-refractivity contribution is -0.173. The number of allylic oxidation sites excluding steroid dienone is 2. The number of aliphatic hydroxyl groups is 1. The average molecular weight is 661 g/mol. The van der Waals surface area contributed by atoms with Crippen LogP contribution in [0.3, 0.4) is 0 Å². The van der Waals surface area contributed by atoms with E-state index in [1.165, 1.54) is 9.58 Å². The van der Waals surface area contributed by atoms with Gasteiger partial charge in [-0.1, -0.05) is 23.3 Å². The molecule has 11 nitrogen and oxygen atoms in total. The van der Waals surface area contributed by atoms with Gasteiger partial charge in [-0.25, -0.2) is 4.90 Å². The Kier molecular flexibility index (Phi) is 6.34. The molecule has 6 unspecified atom stereocenters. The molecule has 13 heteroatoms. The van der Waals surface area contributed by atoms with Gasteiger partial charge in [0.05, 0.1) is 34.0 Å². The van der Waals surface area contributed by atoms with Crippen molar-refractivity contribution in [1.82, 2.24) is 14.8 Å². The molecule has 0 bridgehead atoms. The molecule has 3 fully saturated rings. The number of aryl methyl sites for hydroxylation is 2. The third-order valence-corrected chi connectivity index (χ3v) is 12.1. The molecule has 2 aliphatic heterocycles. The molecule has 1 aromatic carbocycles. The fraction of sp³-hybridized carbons (Fsp3) is 0.364. The molecule has 3 aromatic heterocycles. The van der Waals surface area contributed by atoms with Gasteiger partial charge in [0.2, 0.25) is 11.8 Å². The summed E-state index contributed by atoms with van der Waals surface area (Å²) in [7, 11) is 1.69. The molecule has 2 saturated heterocycles. The van der Waals surface area contributed by atoms with Crippen LogP contribution in [0.1, 0.15) is 42.8 Å². The molecule has 0 radical (unpaired) electrons. The summed E-state index contributed by atoms with van der Waals surface area (Å²) in [4.78, 5) is 57.2. The number of aromatic nitrogens is 2. The van der Waals surface area contributed by atoms with E-state index in [1.807, 2.05) is 31.2 Å². The minimum atomic E-state index is -1.31. The zero-order valence-corrected chi connectivity index (χ0v) is 26.6. The number of hydroxylamine groups is 2. The highest BCUT2D eigenvalue weighted by molar-refractivity contribution is 7.22. The van der Waals surface area contributed by atoms with E-state index in [0.29, 0.717) is 28.1 Å². The number of fused-ring (bicyclic) bond motifs is 5. The molecule has 2 aliphatic carbocycles. The quantitative estimate of drug-likeness (QED) is 0.177. The van der Waals surface area contributed by atoms with Crippen molar-refractivity contribution >= 4 is 62.5 Å². The highest BCUT2D eigenvalue weighted by Crippen LogP contribution is 2.63. The first-order valence-electron chi connectivity index (χ1n) is 15.0. The number of furan rings is 1. The van der Waals surface area contributed by atoms with Gasteiger partial charge in [-0.15, -0.1) is 11.3 Å². The molecule has 4 aliphatic rings. The van der Waals surface area contributed by atoms with Crippen LogP contribution in [0.15, 0.2) is 52.5 Å². The Morgan fingerprint density at radius 2 is 1.87 bits per heavy atom. The summed E-state index contributed by atoms with van der Waals surface area (Å²) in [6.07, 6.45) is 2.21. The van der Waals surface area contributed by atoms with Gasteiger partial charge in [-0.05, 0) is 73.9 Å². The standard InChI is InChI=1S/C33H29ClN4O7S/c1-14-19-10-15(34)4-9-24(19)46-28(14)22-12-25(36(3)35-22)37-30(41)21-11-20-17(6-7-18-26(20)31(42)38(44)29(18)40)27(33(21,2)32(37)43)23-8-5-16(13-39)45-23/h4-6,8-10,12,18,20-21,26-27,39,44H,7,11,13H2,1-3H3. The summed E-state index contributed by atoms with van der Waals surface area (Å²) < 4.78 is 8.59. The zero-order chi connectivity index (χ0) is 32.4. The summed E-state index contributed by atoms with van der Waals surface area (Å²) in [6.45, 7) is 3.39. The van der Waals surface area contributed by atoms with Crippen LogP contribution in [-0.2, 0) is 32.8 Å². The van der Waals surface area contributed by atoms with E-state index >= 15 is 0 Å². The van der Waals surface area contributed by atoms with Gasteiger partial charge >= 0.3 is 0 Å². The fourth-order valence-electron chi connectivity index (χ4n) is 8.37. The second kappa shape index (κ2) is 9.95. The van der Waals surface area contributed by atoms with Gasteiger partial charge in [0.15, 0.2) is 0 Å². The Bertz CT molecular complexity index is 2060. The van der Waals surface area contributed by atoms with Crippen molar-refractivity contribution in [3.05, 3.63) is 70.2 Å². The predicted molar refractivity (Wildman–Crippen MR) is 167 cm³/mol. The minimum Gasteiger partial charge on any atom is -0.463 e. The van der Waals surface area contributed by atoms with Crippen molar-refractivity contribution < 1.29 is 33.9 Å². The summed E-state index contributed by atoms with van der Waals surface area (Å²) >= 11 is 7.81. The van der Waals surface area contributed by atoms with Crippen LogP contribution in [0.25, 0.3) is 20.7 Å². The second-order valence-electron chi connectivity index (χ2n) is 12.8. The maximum atomic E-state index is 14.7. The van der Waals surface area contributed by atoms with Crippen LogP contribution in [0.5, 0.6) is 0 Å². The maximum absolute atomic E-state index is 14.7. The number of carbonyl (C=O) groups excluding carboxylic acids is 4. The second-order valence-corrected chi connectivity index (χ2v) is 14.3. The number of hydrogen-bond donors (Lipinski definition) is 2. The van der Waals surface area contributed by atoms with Crippen molar-refractivity contribution in [2.45, 2.75) is 39.2 Å². The molecular formula is C33H29ClN4O7S. The van der Waals surface area contributed by atoms with E-state index in [2.05, 4.69) is 0 Å². The molecule has 4 amide bonds. The first-order valence-corrected chi connectivity index (χ1v) is 16.2. The number of nitrogens with zero attached hydrogens (tertiary/aromatic N) is 4. The van der Waals surface area contributed by atoms with Gasteiger partial charge in [0.25, 0.3) is 11.8 Å². The number of benzene rings is 1. The Labute approximate surface area is 271 Å². The highest BCUT2D eigenvalue weighted by Gasteiger charge is 2.68. The molecule has 2 N–H and O–H groups in total. The van der Waals surface area contributed by atoms with Gasteiger partial charge < -0.3 is 9.52 Å². The first kappa shape index (κ1) is 29.3. The van der Waals surface area contributed by atoms with Crippen LogP contribution < -0.4 is 4.90 Å². The summed E-state index contributed by atoms with van der Waals surface area (Å²) in [6, 6.07) is 10.7. The minimum absolute atomic E-state index is 0.141. The fourth-order valence-corrected chi connectivity index (χ4v) is 9.69. The third kappa shape index (κ3) is 3.75. The van der Waals surface area contributed by atoms with E-state index in [1.54, 1.807) is 43.5 Å². The predicted octanol–water partition coefficient (Wildman–Crippen LogP) is 4.97. The lowest BCUT2D eigenvalue weighted by Crippen LogP contribution is -2.48. The number of thiophene rings is 1. The molecular weight excluding hydrogens is 632 g/mol. The molecule has 0 spiro atoms. The number of carbonyl (C=O) groups is 4. The van der Waals surface area contributed by atoms with Crippen LogP contribution in [-0.4, -0.2) is 48.8 Å². The largest absolute Gasteiger partial charge is 0.463 e. The van der Waals surface area contributed by atoms with Crippen LogP contribution in [0.2, 0.25) is 5.02 Å². The smallest absolute Gasteiger partial charge is 0.257 e. The number of halogens is 1. The number of anilines is 1. The van der Waals surface area contributed by atoms with Crippen molar-refractivity contribution in [1.29, 1.82) is 0 Å². The molecule has 4 aromatic rings. The van der Waals surface area contributed by atoms with Crippen LogP contribution in [0.4, 0.5) is 5.82 Å². The topological polar surface area (TPSA) is 146 Å². The monoisotopic (exact) mass is 660 g/mol. The van der Waals surface area contributed by atoms with E-state index in [-0.39, 0.29) is 24.5 Å². The lowest BCUT2D eigenvalue weighted by atomic mass is 9.52. The van der Waals surface area contributed by atoms with Crippen molar-refractivity contribution in [2.24, 2.45) is 36.1 Å². The number of hydrogen-bond acceptors (Lipinski definition) is 9. The Balaban J connectivity index is 1.25. The van der Waals surface area contributed by atoms with Gasteiger partial charge in [0, 0.05) is 22.8 Å². The van der Waals surface area contributed by atoms with Gasteiger partial charge in [-0.2, -0.15) is 10.2 Å².